The number of nitrogens with two attached hydrogens (primary N) is 1. The van der Waals surface area contributed by atoms with Gasteiger partial charge in [-0.25, -0.2) is 0 Å². The predicted molar refractivity (Wildman–Crippen MR) is 74.0 cm³/mol. The number of rotatable bonds is 8. The molecule has 0 atom stereocenters. The molecule has 0 bridgehead atoms. The Morgan fingerprint density at radius 1 is 1.39 bits per heavy atom. The van der Waals surface area contributed by atoms with E-state index in [1.807, 2.05) is 18.3 Å². The molecular formula is C14H25N3O. The first-order valence-electron chi connectivity index (χ1n) is 6.73. The van der Waals surface area contributed by atoms with Crippen molar-refractivity contribution in [3.63, 3.8) is 0 Å². The predicted octanol–water partition coefficient (Wildman–Crippen LogP) is 1.52. The molecule has 1 aromatic rings. The van der Waals surface area contributed by atoms with Crippen molar-refractivity contribution in [1.82, 2.24) is 9.88 Å². The molecule has 0 aliphatic rings. The Morgan fingerprint density at radius 2 is 2.11 bits per heavy atom. The molecule has 102 valence electrons. The van der Waals surface area contributed by atoms with Crippen LogP contribution in [0.2, 0.25) is 0 Å². The molecule has 0 spiro atoms. The van der Waals surface area contributed by atoms with Gasteiger partial charge in [0.05, 0.1) is 12.3 Å². The number of hydrogen-bond donors (Lipinski definition) is 2. The lowest BCUT2D eigenvalue weighted by Gasteiger charge is -2.29. The van der Waals surface area contributed by atoms with Crippen molar-refractivity contribution in [3.8, 4) is 0 Å². The number of aliphatic hydroxyl groups excluding tert-OH is 1. The minimum atomic E-state index is 0.200. The van der Waals surface area contributed by atoms with Crippen LogP contribution in [0.1, 0.15) is 37.9 Å². The third-order valence-corrected chi connectivity index (χ3v) is 3.32. The zero-order chi connectivity index (χ0) is 13.4. The summed E-state index contributed by atoms with van der Waals surface area (Å²) in [6, 6.07) is 4.59. The first-order valence-corrected chi connectivity index (χ1v) is 6.73. The molecule has 0 aliphatic carbocycles. The van der Waals surface area contributed by atoms with Crippen molar-refractivity contribution in [2.75, 3.05) is 13.2 Å². The molecule has 0 saturated carbocycles. The fraction of sp³-hybridized carbons (Fsp3) is 0.643. The van der Waals surface area contributed by atoms with Crippen LogP contribution in [-0.2, 0) is 13.1 Å². The second kappa shape index (κ2) is 8.19. The summed E-state index contributed by atoms with van der Waals surface area (Å²) in [5, 5.41) is 9.18. The summed E-state index contributed by atoms with van der Waals surface area (Å²) < 4.78 is 0. The maximum atomic E-state index is 9.18. The van der Waals surface area contributed by atoms with Gasteiger partial charge in [-0.3, -0.25) is 9.88 Å². The highest BCUT2D eigenvalue weighted by molar-refractivity contribution is 5.16. The van der Waals surface area contributed by atoms with Crippen molar-refractivity contribution in [2.24, 2.45) is 5.73 Å². The van der Waals surface area contributed by atoms with Gasteiger partial charge >= 0.3 is 0 Å². The molecule has 0 fully saturated rings. The summed E-state index contributed by atoms with van der Waals surface area (Å²) in [5.41, 5.74) is 7.74. The van der Waals surface area contributed by atoms with Gasteiger partial charge in [-0.1, -0.05) is 13.8 Å². The summed E-state index contributed by atoms with van der Waals surface area (Å²) in [4.78, 5) is 6.53. The van der Waals surface area contributed by atoms with Gasteiger partial charge in [-0.2, -0.15) is 0 Å². The van der Waals surface area contributed by atoms with Gasteiger partial charge in [-0.15, -0.1) is 0 Å². The fourth-order valence-corrected chi connectivity index (χ4v) is 2.30. The van der Waals surface area contributed by atoms with Crippen molar-refractivity contribution in [1.29, 1.82) is 0 Å². The van der Waals surface area contributed by atoms with Crippen molar-refractivity contribution >= 4 is 0 Å². The molecule has 0 unspecified atom stereocenters. The molecule has 0 aromatic carbocycles. The number of aromatic nitrogens is 1. The Morgan fingerprint density at radius 3 is 2.67 bits per heavy atom. The average Bonchev–Trinajstić information content (AvgIpc) is 2.40. The summed E-state index contributed by atoms with van der Waals surface area (Å²) >= 11 is 0. The van der Waals surface area contributed by atoms with E-state index in [1.165, 1.54) is 5.56 Å². The van der Waals surface area contributed by atoms with Crippen LogP contribution in [0.5, 0.6) is 0 Å². The van der Waals surface area contributed by atoms with Crippen molar-refractivity contribution in [3.05, 3.63) is 29.6 Å². The van der Waals surface area contributed by atoms with Crippen molar-refractivity contribution in [2.45, 2.75) is 45.8 Å². The molecule has 1 heterocycles. The SMILES string of the molecule is CCC(CC)N(CCO)Cc1ccnc(CN)c1. The zero-order valence-electron chi connectivity index (χ0n) is 11.5. The number of nitrogens with zero attached hydrogens (tertiary/aromatic N) is 2. The van der Waals surface area contributed by atoms with Crippen molar-refractivity contribution < 1.29 is 5.11 Å². The summed E-state index contributed by atoms with van der Waals surface area (Å²) in [5.74, 6) is 0. The Bertz CT molecular complexity index is 340. The summed E-state index contributed by atoms with van der Waals surface area (Å²) in [6.07, 6.45) is 4.01. The third kappa shape index (κ3) is 4.37. The lowest BCUT2D eigenvalue weighted by molar-refractivity contribution is 0.136. The Kier molecular flexibility index (Phi) is 6.86. The summed E-state index contributed by atoms with van der Waals surface area (Å²) in [7, 11) is 0. The van der Waals surface area contributed by atoms with Crippen LogP contribution >= 0.6 is 0 Å². The average molecular weight is 251 g/mol. The molecule has 1 aromatic heterocycles. The maximum Gasteiger partial charge on any atom is 0.0558 e. The first-order chi connectivity index (χ1) is 8.74. The van der Waals surface area contributed by atoms with E-state index >= 15 is 0 Å². The van der Waals surface area contributed by atoms with E-state index in [-0.39, 0.29) is 6.61 Å². The van der Waals surface area contributed by atoms with Crippen LogP contribution in [0.25, 0.3) is 0 Å². The minimum Gasteiger partial charge on any atom is -0.395 e. The molecule has 0 amide bonds. The number of hydrogen-bond acceptors (Lipinski definition) is 4. The van der Waals surface area contributed by atoms with Gasteiger partial charge in [0.2, 0.25) is 0 Å². The van der Waals surface area contributed by atoms with Gasteiger partial charge in [0.25, 0.3) is 0 Å². The number of pyridine rings is 1. The van der Waals surface area contributed by atoms with Crippen LogP contribution in [0.4, 0.5) is 0 Å². The topological polar surface area (TPSA) is 62.4 Å². The monoisotopic (exact) mass is 251 g/mol. The lowest BCUT2D eigenvalue weighted by atomic mass is 10.1. The molecule has 3 N–H and O–H groups in total. The highest BCUT2D eigenvalue weighted by Crippen LogP contribution is 2.13. The van der Waals surface area contributed by atoms with E-state index in [1.54, 1.807) is 0 Å². The van der Waals surface area contributed by atoms with Crippen LogP contribution < -0.4 is 5.73 Å². The largest absolute Gasteiger partial charge is 0.395 e. The first kappa shape index (κ1) is 15.1. The molecule has 0 radical (unpaired) electrons. The highest BCUT2D eigenvalue weighted by atomic mass is 16.3. The summed E-state index contributed by atoms with van der Waals surface area (Å²) in [6.45, 7) is 6.62. The van der Waals surface area contributed by atoms with E-state index < -0.39 is 0 Å². The van der Waals surface area contributed by atoms with Gasteiger partial charge in [0.15, 0.2) is 0 Å². The second-order valence-corrected chi connectivity index (χ2v) is 4.52. The number of aliphatic hydroxyl groups is 1. The molecular weight excluding hydrogens is 226 g/mol. The van der Waals surface area contributed by atoms with E-state index in [0.29, 0.717) is 19.1 Å². The van der Waals surface area contributed by atoms with Crippen LogP contribution in [0.15, 0.2) is 18.3 Å². The Hall–Kier alpha value is -0.970. The second-order valence-electron chi connectivity index (χ2n) is 4.52. The standard InChI is InChI=1S/C14H25N3O/c1-3-14(4-2)17(7-8-18)11-12-5-6-16-13(9-12)10-15/h5-6,9,14,18H,3-4,7-8,10-11,15H2,1-2H3. The van der Waals surface area contributed by atoms with Gasteiger partial charge < -0.3 is 10.8 Å². The fourth-order valence-electron chi connectivity index (χ4n) is 2.30. The maximum absolute atomic E-state index is 9.18. The van der Waals surface area contributed by atoms with E-state index in [4.69, 9.17) is 5.73 Å². The van der Waals surface area contributed by atoms with Gasteiger partial charge in [0, 0.05) is 31.9 Å². The van der Waals surface area contributed by atoms with Crippen LogP contribution in [0.3, 0.4) is 0 Å². The van der Waals surface area contributed by atoms with Gasteiger partial charge in [0.1, 0.15) is 0 Å². The zero-order valence-corrected chi connectivity index (χ0v) is 11.5. The minimum absolute atomic E-state index is 0.200. The quantitative estimate of drug-likeness (QED) is 0.735. The molecule has 0 aliphatic heterocycles. The Labute approximate surface area is 110 Å². The molecule has 4 heteroatoms. The molecule has 1 rings (SSSR count). The molecule has 4 nitrogen and oxygen atoms in total. The Balaban J connectivity index is 2.75. The highest BCUT2D eigenvalue weighted by Gasteiger charge is 2.14. The smallest absolute Gasteiger partial charge is 0.0558 e. The van der Waals surface area contributed by atoms with Crippen LogP contribution in [-0.4, -0.2) is 34.2 Å². The lowest BCUT2D eigenvalue weighted by Crippen LogP contribution is -2.36. The normalized spacial score (nSPS) is 11.4. The third-order valence-electron chi connectivity index (χ3n) is 3.32. The van der Waals surface area contributed by atoms with E-state index in [2.05, 4.69) is 23.7 Å². The van der Waals surface area contributed by atoms with Crippen LogP contribution in [0, 0.1) is 0 Å². The van der Waals surface area contributed by atoms with E-state index in [9.17, 15) is 5.11 Å². The van der Waals surface area contributed by atoms with E-state index in [0.717, 1.165) is 25.1 Å². The molecule has 18 heavy (non-hydrogen) atoms. The molecule has 0 saturated heterocycles. The van der Waals surface area contributed by atoms with Gasteiger partial charge in [-0.05, 0) is 30.5 Å².